The number of aromatic nitrogens is 1. The number of aliphatic hydroxyl groups excluding tert-OH is 1. The lowest BCUT2D eigenvalue weighted by atomic mass is 10.1. The largest absolute Gasteiger partial charge is 0.510 e. The molecule has 154 valence electrons. The fourth-order valence-electron chi connectivity index (χ4n) is 3.67. The number of ether oxygens (including phenoxy) is 2. The molecule has 2 aliphatic heterocycles. The summed E-state index contributed by atoms with van der Waals surface area (Å²) < 4.78 is 34.2. The van der Waals surface area contributed by atoms with Crippen molar-refractivity contribution in [3.63, 3.8) is 0 Å². The van der Waals surface area contributed by atoms with E-state index in [2.05, 4.69) is 4.98 Å². The highest BCUT2D eigenvalue weighted by molar-refractivity contribution is 7.91. The van der Waals surface area contributed by atoms with Crippen molar-refractivity contribution in [1.29, 1.82) is 5.41 Å². The smallest absolute Gasteiger partial charge is 0.161 e. The van der Waals surface area contributed by atoms with Gasteiger partial charge in [-0.15, -0.1) is 11.3 Å². The summed E-state index contributed by atoms with van der Waals surface area (Å²) in [7, 11) is 0.0605. The van der Waals surface area contributed by atoms with Gasteiger partial charge in [0.25, 0.3) is 0 Å². The van der Waals surface area contributed by atoms with Crippen LogP contribution >= 0.6 is 11.3 Å². The molecule has 0 amide bonds. The van der Waals surface area contributed by atoms with Crippen LogP contribution in [0.15, 0.2) is 29.3 Å². The maximum Gasteiger partial charge on any atom is 0.161 e. The summed E-state index contributed by atoms with van der Waals surface area (Å²) in [6.07, 6.45) is 0.472. The van der Waals surface area contributed by atoms with Gasteiger partial charge in [0.05, 0.1) is 43.5 Å². The Morgan fingerprint density at radius 3 is 2.69 bits per heavy atom. The molecule has 0 aliphatic carbocycles. The van der Waals surface area contributed by atoms with E-state index in [-0.39, 0.29) is 35.7 Å². The Morgan fingerprint density at radius 1 is 1.28 bits per heavy atom. The molecule has 1 aromatic carbocycles. The van der Waals surface area contributed by atoms with Crippen molar-refractivity contribution in [3.05, 3.63) is 34.3 Å². The number of hydrogen-bond donors (Lipinski definition) is 2. The van der Waals surface area contributed by atoms with Crippen molar-refractivity contribution in [3.8, 4) is 22.8 Å². The lowest BCUT2D eigenvalue weighted by Gasteiger charge is -2.24. The standard InChI is InChI=1S/C19H21N3O5S2/c1-26-15-4-3-11(7-16(15)27-2)13-9-28-19(21-13)17-14(23)8-22(18(17)20)12-5-6-29(24,25)10-12/h3-4,7,9,12,20,23H,5-6,8,10H2,1-2H3/t12-/m1/s1. The third-order valence-electron chi connectivity index (χ3n) is 5.18. The molecule has 2 N–H and O–H groups in total. The van der Waals surface area contributed by atoms with Gasteiger partial charge < -0.3 is 19.5 Å². The van der Waals surface area contributed by atoms with Crippen molar-refractivity contribution in [2.75, 3.05) is 32.3 Å². The minimum absolute atomic E-state index is 0.0186. The SMILES string of the molecule is COc1ccc(-c2csc(C3=C(O)CN([C@@H]4CCS(=O)(=O)C4)C3=N)n2)cc1OC. The Balaban J connectivity index is 1.60. The Bertz CT molecular complexity index is 1110. The molecule has 0 radical (unpaired) electrons. The lowest BCUT2D eigenvalue weighted by Crippen LogP contribution is -2.38. The number of aliphatic hydroxyl groups is 1. The van der Waals surface area contributed by atoms with E-state index >= 15 is 0 Å². The minimum atomic E-state index is -3.07. The summed E-state index contributed by atoms with van der Waals surface area (Å²) in [6.45, 7) is 0.139. The van der Waals surface area contributed by atoms with Crippen molar-refractivity contribution in [2.45, 2.75) is 12.5 Å². The van der Waals surface area contributed by atoms with Crippen LogP contribution in [-0.4, -0.2) is 67.6 Å². The molecule has 1 aromatic heterocycles. The minimum Gasteiger partial charge on any atom is -0.510 e. The van der Waals surface area contributed by atoms with E-state index in [9.17, 15) is 13.5 Å². The van der Waals surface area contributed by atoms with E-state index < -0.39 is 9.84 Å². The Labute approximate surface area is 172 Å². The second-order valence-electron chi connectivity index (χ2n) is 6.96. The third kappa shape index (κ3) is 3.58. The van der Waals surface area contributed by atoms with E-state index in [0.29, 0.717) is 34.2 Å². The number of hydrogen-bond acceptors (Lipinski definition) is 8. The molecular formula is C19H21N3O5S2. The topological polar surface area (TPSA) is 113 Å². The fourth-order valence-corrected chi connectivity index (χ4v) is 6.30. The number of nitrogens with one attached hydrogen (secondary N) is 1. The van der Waals surface area contributed by atoms with Crippen LogP contribution in [0.1, 0.15) is 11.4 Å². The molecule has 0 saturated carbocycles. The van der Waals surface area contributed by atoms with Gasteiger partial charge in [-0.05, 0) is 24.6 Å². The average molecular weight is 436 g/mol. The van der Waals surface area contributed by atoms with Gasteiger partial charge in [-0.1, -0.05) is 0 Å². The summed E-state index contributed by atoms with van der Waals surface area (Å²) in [5.74, 6) is 1.52. The Morgan fingerprint density at radius 2 is 2.03 bits per heavy atom. The Hall–Kier alpha value is -2.59. The summed E-state index contributed by atoms with van der Waals surface area (Å²) in [4.78, 5) is 6.26. The van der Waals surface area contributed by atoms with E-state index in [0.717, 1.165) is 5.56 Å². The lowest BCUT2D eigenvalue weighted by molar-refractivity contribution is 0.309. The molecule has 3 heterocycles. The molecular weight excluding hydrogens is 414 g/mol. The molecule has 0 bridgehead atoms. The molecule has 2 aromatic rings. The Kier molecular flexibility index (Phi) is 4.99. The molecule has 1 saturated heterocycles. The molecule has 1 fully saturated rings. The first kappa shape index (κ1) is 19.7. The van der Waals surface area contributed by atoms with Crippen LogP contribution in [-0.2, 0) is 9.84 Å². The van der Waals surface area contributed by atoms with Crippen LogP contribution in [0, 0.1) is 5.41 Å². The summed E-state index contributed by atoms with van der Waals surface area (Å²) in [6, 6.07) is 5.20. The zero-order valence-corrected chi connectivity index (χ0v) is 17.6. The summed E-state index contributed by atoms with van der Waals surface area (Å²) in [5, 5.41) is 21.4. The maximum atomic E-state index is 11.8. The predicted octanol–water partition coefficient (Wildman–Crippen LogP) is 2.58. The summed E-state index contributed by atoms with van der Waals surface area (Å²) >= 11 is 1.33. The number of methoxy groups -OCH3 is 2. The highest BCUT2D eigenvalue weighted by atomic mass is 32.2. The first-order chi connectivity index (χ1) is 13.8. The molecule has 0 unspecified atom stereocenters. The monoisotopic (exact) mass is 435 g/mol. The van der Waals surface area contributed by atoms with Crippen LogP contribution in [0.25, 0.3) is 16.8 Å². The van der Waals surface area contributed by atoms with Crippen molar-refractivity contribution in [1.82, 2.24) is 9.88 Å². The van der Waals surface area contributed by atoms with Crippen molar-refractivity contribution in [2.24, 2.45) is 0 Å². The molecule has 2 aliphatic rings. The van der Waals surface area contributed by atoms with Gasteiger partial charge in [0.2, 0.25) is 0 Å². The quantitative estimate of drug-likeness (QED) is 0.742. The average Bonchev–Trinajstić information content (AvgIpc) is 3.38. The van der Waals surface area contributed by atoms with Crippen LogP contribution in [0.2, 0.25) is 0 Å². The second-order valence-corrected chi connectivity index (χ2v) is 10.0. The van der Waals surface area contributed by atoms with Crippen molar-refractivity contribution >= 4 is 32.6 Å². The molecule has 4 rings (SSSR count). The highest BCUT2D eigenvalue weighted by Crippen LogP contribution is 2.36. The number of benzene rings is 1. The zero-order valence-electron chi connectivity index (χ0n) is 16.0. The highest BCUT2D eigenvalue weighted by Gasteiger charge is 2.39. The van der Waals surface area contributed by atoms with Gasteiger partial charge in [0.1, 0.15) is 16.6 Å². The van der Waals surface area contributed by atoms with E-state index in [1.165, 1.54) is 11.3 Å². The van der Waals surface area contributed by atoms with Gasteiger partial charge in [-0.2, -0.15) is 0 Å². The van der Waals surface area contributed by atoms with E-state index in [1.54, 1.807) is 25.2 Å². The van der Waals surface area contributed by atoms with Gasteiger partial charge in [0.15, 0.2) is 21.3 Å². The van der Waals surface area contributed by atoms with Gasteiger partial charge in [0, 0.05) is 17.0 Å². The normalized spacial score (nSPS) is 21.1. The van der Waals surface area contributed by atoms with Gasteiger partial charge in [-0.25, -0.2) is 13.4 Å². The van der Waals surface area contributed by atoms with E-state index in [4.69, 9.17) is 14.9 Å². The van der Waals surface area contributed by atoms with Crippen LogP contribution in [0.5, 0.6) is 11.5 Å². The molecule has 29 heavy (non-hydrogen) atoms. The van der Waals surface area contributed by atoms with Gasteiger partial charge in [-0.3, -0.25) is 5.41 Å². The second kappa shape index (κ2) is 7.34. The number of rotatable bonds is 5. The predicted molar refractivity (Wildman–Crippen MR) is 112 cm³/mol. The molecule has 10 heteroatoms. The number of amidine groups is 1. The number of thiazole rings is 1. The third-order valence-corrected chi connectivity index (χ3v) is 7.79. The molecule has 0 spiro atoms. The molecule has 8 nitrogen and oxygen atoms in total. The first-order valence-electron chi connectivity index (χ1n) is 8.99. The summed E-state index contributed by atoms with van der Waals surface area (Å²) in [5.41, 5.74) is 1.89. The molecule has 1 atom stereocenters. The number of nitrogens with zero attached hydrogens (tertiary/aromatic N) is 2. The van der Waals surface area contributed by atoms with Crippen molar-refractivity contribution < 1.29 is 23.0 Å². The van der Waals surface area contributed by atoms with Crippen LogP contribution in [0.3, 0.4) is 0 Å². The maximum absolute atomic E-state index is 11.8. The fraction of sp³-hybridized carbons (Fsp3) is 0.368. The number of sulfone groups is 1. The zero-order chi connectivity index (χ0) is 20.8. The van der Waals surface area contributed by atoms with Gasteiger partial charge >= 0.3 is 0 Å². The van der Waals surface area contributed by atoms with Crippen LogP contribution in [0.4, 0.5) is 0 Å². The van der Waals surface area contributed by atoms with Crippen LogP contribution < -0.4 is 9.47 Å². The van der Waals surface area contributed by atoms with E-state index in [1.807, 2.05) is 17.5 Å². The first-order valence-corrected chi connectivity index (χ1v) is 11.7.